The molecular formula is C29H33N3O5. The van der Waals surface area contributed by atoms with E-state index >= 15 is 0 Å². The highest BCUT2D eigenvalue weighted by molar-refractivity contribution is 5.89. The monoisotopic (exact) mass is 503 g/mol. The quantitative estimate of drug-likeness (QED) is 0.478. The number of benzene rings is 1. The minimum absolute atomic E-state index is 0.0527. The van der Waals surface area contributed by atoms with Gasteiger partial charge in [-0.15, -0.1) is 0 Å². The first-order valence-corrected chi connectivity index (χ1v) is 13.1. The number of aliphatic hydroxyl groups excluding tert-OH is 1. The molecular weight excluding hydrogens is 470 g/mol. The van der Waals surface area contributed by atoms with E-state index in [0.717, 1.165) is 59.9 Å². The van der Waals surface area contributed by atoms with Crippen LogP contribution >= 0.6 is 0 Å². The molecule has 0 amide bonds. The van der Waals surface area contributed by atoms with Crippen molar-refractivity contribution in [1.82, 2.24) is 14.9 Å². The average molecular weight is 504 g/mol. The van der Waals surface area contributed by atoms with Gasteiger partial charge in [-0.25, -0.2) is 4.98 Å². The van der Waals surface area contributed by atoms with Crippen molar-refractivity contribution < 1.29 is 24.1 Å². The van der Waals surface area contributed by atoms with Crippen molar-refractivity contribution in [3.8, 4) is 34.6 Å². The zero-order valence-corrected chi connectivity index (χ0v) is 21.2. The Morgan fingerprint density at radius 2 is 2.03 bits per heavy atom. The fraction of sp³-hybridized carbons (Fsp3) is 0.483. The number of nitrogens with one attached hydrogen (secondary N) is 1. The highest BCUT2D eigenvalue weighted by atomic mass is 16.6. The number of H-pyrrole nitrogens is 1. The normalized spacial score (nSPS) is 21.8. The van der Waals surface area contributed by atoms with Crippen LogP contribution in [0.15, 0.2) is 30.5 Å². The number of hydrogen-bond acceptors (Lipinski definition) is 7. The topological polar surface area (TPSA) is 89.1 Å². The molecule has 1 aromatic carbocycles. The largest absolute Gasteiger partial charge is 0.493 e. The van der Waals surface area contributed by atoms with Crippen molar-refractivity contribution in [2.75, 3.05) is 46.7 Å². The second-order valence-corrected chi connectivity index (χ2v) is 10.1. The number of nitrogens with zero attached hydrogens (tertiary/aromatic N) is 2. The first-order valence-electron chi connectivity index (χ1n) is 13.1. The molecule has 4 fully saturated rings. The van der Waals surface area contributed by atoms with Crippen molar-refractivity contribution in [2.45, 2.75) is 38.0 Å². The van der Waals surface area contributed by atoms with Gasteiger partial charge >= 0.3 is 0 Å². The Bertz CT molecular complexity index is 1320. The van der Waals surface area contributed by atoms with Gasteiger partial charge in [-0.2, -0.15) is 0 Å². The van der Waals surface area contributed by atoms with Gasteiger partial charge in [0.25, 0.3) is 0 Å². The van der Waals surface area contributed by atoms with Crippen molar-refractivity contribution in [2.24, 2.45) is 5.92 Å². The molecule has 7 rings (SSSR count). The number of pyridine rings is 1. The third-order valence-corrected chi connectivity index (χ3v) is 7.52. The van der Waals surface area contributed by atoms with Crippen molar-refractivity contribution >= 4 is 11.0 Å². The zero-order chi connectivity index (χ0) is 25.2. The first-order chi connectivity index (χ1) is 18.2. The highest BCUT2D eigenvalue weighted by Crippen LogP contribution is 2.38. The molecule has 2 aromatic heterocycles. The summed E-state index contributed by atoms with van der Waals surface area (Å²) in [6.07, 6.45) is 4.71. The van der Waals surface area contributed by atoms with Gasteiger partial charge in [0, 0.05) is 53.8 Å². The van der Waals surface area contributed by atoms with Crippen LogP contribution in [0.5, 0.6) is 11.5 Å². The summed E-state index contributed by atoms with van der Waals surface area (Å²) in [6, 6.07) is 8.61. The second-order valence-electron chi connectivity index (χ2n) is 10.1. The van der Waals surface area contributed by atoms with Gasteiger partial charge in [-0.1, -0.05) is 11.8 Å². The summed E-state index contributed by atoms with van der Waals surface area (Å²) < 4.78 is 23.0. The Kier molecular flexibility index (Phi) is 7.03. The van der Waals surface area contributed by atoms with Crippen molar-refractivity contribution in [3.05, 3.63) is 41.6 Å². The van der Waals surface area contributed by atoms with Crippen LogP contribution in [0.3, 0.4) is 0 Å². The maximum atomic E-state index is 9.11. The van der Waals surface area contributed by atoms with Gasteiger partial charge < -0.3 is 29.0 Å². The number of methoxy groups -OCH3 is 1. The predicted octanol–water partition coefficient (Wildman–Crippen LogP) is 3.36. The van der Waals surface area contributed by atoms with Crippen LogP contribution in [0, 0.1) is 17.8 Å². The van der Waals surface area contributed by atoms with Crippen LogP contribution in [0.2, 0.25) is 0 Å². The Hall–Kier alpha value is -3.09. The standard InChI is InChI=1S/C29H33N3O5/c1-34-27-11-21(6-8-26(27)37-23-17-36-18-23)28-25(14-32-13-20-5-7-22(32)16-35-15-20)24-10-19(4-2-3-9-33)12-30-29(24)31-28/h6,8,10-12,20,22-23,33H,3,5,7,9,13-18H2,1H3,(H,30,31). The maximum Gasteiger partial charge on any atom is 0.161 e. The summed E-state index contributed by atoms with van der Waals surface area (Å²) in [7, 11) is 1.67. The number of aliphatic hydroxyl groups is 1. The minimum Gasteiger partial charge on any atom is -0.493 e. The predicted molar refractivity (Wildman–Crippen MR) is 140 cm³/mol. The van der Waals surface area contributed by atoms with E-state index in [0.29, 0.717) is 37.3 Å². The van der Waals surface area contributed by atoms with Crippen LogP contribution in [-0.2, 0) is 16.0 Å². The molecule has 0 radical (unpaired) electrons. The molecule has 4 saturated heterocycles. The van der Waals surface area contributed by atoms with Crippen LogP contribution in [0.4, 0.5) is 0 Å². The summed E-state index contributed by atoms with van der Waals surface area (Å²) >= 11 is 0. The second kappa shape index (κ2) is 10.7. The van der Waals surface area contributed by atoms with Gasteiger partial charge in [0.05, 0.1) is 45.8 Å². The molecule has 6 heterocycles. The lowest BCUT2D eigenvalue weighted by molar-refractivity contribution is -0.0803. The maximum absolute atomic E-state index is 9.11. The number of ether oxygens (including phenoxy) is 4. The minimum atomic E-state index is 0.0527. The molecule has 0 aliphatic carbocycles. The van der Waals surface area contributed by atoms with E-state index in [4.69, 9.17) is 29.0 Å². The molecule has 4 aliphatic rings. The van der Waals surface area contributed by atoms with E-state index < -0.39 is 0 Å². The van der Waals surface area contributed by atoms with Crippen LogP contribution in [0.1, 0.15) is 30.4 Å². The van der Waals surface area contributed by atoms with Gasteiger partial charge in [-0.3, -0.25) is 4.90 Å². The molecule has 4 aliphatic heterocycles. The fourth-order valence-corrected chi connectivity index (χ4v) is 5.48. The third-order valence-electron chi connectivity index (χ3n) is 7.52. The smallest absolute Gasteiger partial charge is 0.161 e. The molecule has 2 unspecified atom stereocenters. The van der Waals surface area contributed by atoms with Crippen molar-refractivity contribution in [3.63, 3.8) is 0 Å². The Balaban J connectivity index is 1.40. The first kappa shape index (κ1) is 24.3. The number of rotatable bonds is 7. The van der Waals surface area contributed by atoms with Crippen molar-refractivity contribution in [1.29, 1.82) is 0 Å². The zero-order valence-electron chi connectivity index (χ0n) is 21.2. The summed E-state index contributed by atoms with van der Waals surface area (Å²) in [4.78, 5) is 10.9. The van der Waals surface area contributed by atoms with E-state index in [-0.39, 0.29) is 12.7 Å². The molecule has 2 N–H and O–H groups in total. The summed E-state index contributed by atoms with van der Waals surface area (Å²) in [5, 5.41) is 10.2. The summed E-state index contributed by atoms with van der Waals surface area (Å²) in [6.45, 7) is 4.74. The molecule has 3 aromatic rings. The molecule has 0 spiro atoms. The Morgan fingerprint density at radius 1 is 1.14 bits per heavy atom. The average Bonchev–Trinajstić information content (AvgIpc) is 3.02. The number of hydrogen-bond donors (Lipinski definition) is 2. The molecule has 8 heteroatoms. The lowest BCUT2D eigenvalue weighted by Crippen LogP contribution is -2.42. The van der Waals surface area contributed by atoms with E-state index in [1.165, 1.54) is 18.4 Å². The molecule has 2 bridgehead atoms. The van der Waals surface area contributed by atoms with Crippen LogP contribution in [0.25, 0.3) is 22.3 Å². The van der Waals surface area contributed by atoms with Crippen LogP contribution in [-0.4, -0.2) is 78.8 Å². The number of aromatic amines is 1. The van der Waals surface area contributed by atoms with Gasteiger partial charge in [0.1, 0.15) is 11.8 Å². The Labute approximate surface area is 216 Å². The third kappa shape index (κ3) is 5.05. The summed E-state index contributed by atoms with van der Waals surface area (Å²) in [5.41, 5.74) is 4.92. The van der Waals surface area contributed by atoms with Gasteiger partial charge in [0.15, 0.2) is 11.5 Å². The number of aromatic nitrogens is 2. The molecule has 2 atom stereocenters. The SMILES string of the molecule is COc1cc(-c2[nH]c3ncc(C#CCCO)cc3c2CN2CC3CCC2COC3)ccc1OC1COC1. The van der Waals surface area contributed by atoms with E-state index in [1.807, 2.05) is 12.1 Å². The van der Waals surface area contributed by atoms with Gasteiger partial charge in [-0.05, 0) is 43.0 Å². The van der Waals surface area contributed by atoms with Crippen LogP contribution < -0.4 is 9.47 Å². The van der Waals surface area contributed by atoms with E-state index in [2.05, 4.69) is 33.9 Å². The molecule has 194 valence electrons. The molecule has 8 nitrogen and oxygen atoms in total. The lowest BCUT2D eigenvalue weighted by Gasteiger charge is -2.35. The van der Waals surface area contributed by atoms with E-state index in [9.17, 15) is 0 Å². The lowest BCUT2D eigenvalue weighted by atomic mass is 9.94. The fourth-order valence-electron chi connectivity index (χ4n) is 5.48. The van der Waals surface area contributed by atoms with Gasteiger partial charge in [0.2, 0.25) is 0 Å². The number of fused-ring (bicyclic) bond motifs is 5. The highest BCUT2D eigenvalue weighted by Gasteiger charge is 2.33. The Morgan fingerprint density at radius 3 is 2.84 bits per heavy atom. The summed E-state index contributed by atoms with van der Waals surface area (Å²) in [5.74, 6) is 8.15. The number of piperidine rings is 1. The van der Waals surface area contributed by atoms with E-state index in [1.54, 1.807) is 13.3 Å². The molecule has 37 heavy (non-hydrogen) atoms. The molecule has 0 saturated carbocycles.